The number of carbonyl (C=O) groups is 2. The summed E-state index contributed by atoms with van der Waals surface area (Å²) in [4.78, 5) is 20.2. The Morgan fingerprint density at radius 3 is 1.94 bits per heavy atom. The van der Waals surface area contributed by atoms with Crippen LogP contribution in [0, 0.1) is 0 Å². The molecule has 1 aliphatic heterocycles. The fourth-order valence-corrected chi connectivity index (χ4v) is 1.01. The topological polar surface area (TPSA) is 119 Å². The number of nitrogens with two attached hydrogens (primary N) is 1. The molecule has 0 aliphatic carbocycles. The first-order valence-corrected chi connectivity index (χ1v) is 4.50. The Bertz CT molecular complexity index is 194. The molecule has 0 radical (unpaired) electrons. The maximum atomic E-state index is 8.93. The normalized spacial score (nSPS) is 15.3. The van der Waals surface area contributed by atoms with E-state index in [9.17, 15) is 0 Å². The average molecular weight is 413 g/mol. The number of morpholine rings is 1. The smallest absolute Gasteiger partial charge is 0.543 e. The van der Waals surface area contributed by atoms with Crippen molar-refractivity contribution < 1.29 is 45.6 Å². The van der Waals surface area contributed by atoms with Gasteiger partial charge in [0.15, 0.2) is 0 Å². The summed E-state index contributed by atoms with van der Waals surface area (Å²) < 4.78 is 5.16. The SMILES string of the molecule is NCCN1CCOCC1.O=C([O-])C(=O)[O-].[Pt+2]. The predicted octanol–water partition coefficient (Wildman–Crippen LogP) is -4.24. The molecule has 2 N–H and O–H groups in total. The second-order valence-corrected chi connectivity index (χ2v) is 2.82. The van der Waals surface area contributed by atoms with Crippen molar-refractivity contribution in [1.29, 1.82) is 0 Å². The van der Waals surface area contributed by atoms with Crippen LogP contribution in [0.25, 0.3) is 0 Å². The van der Waals surface area contributed by atoms with Crippen molar-refractivity contribution >= 4 is 11.9 Å². The summed E-state index contributed by atoms with van der Waals surface area (Å²) >= 11 is 0. The molecule has 8 heteroatoms. The zero-order valence-corrected chi connectivity index (χ0v) is 10.9. The van der Waals surface area contributed by atoms with Gasteiger partial charge in [-0.15, -0.1) is 0 Å². The van der Waals surface area contributed by atoms with E-state index in [4.69, 9.17) is 30.3 Å². The first-order valence-electron chi connectivity index (χ1n) is 4.50. The Labute approximate surface area is 108 Å². The van der Waals surface area contributed by atoms with Gasteiger partial charge in [0.1, 0.15) is 0 Å². The molecule has 1 fully saturated rings. The average Bonchev–Trinajstić information content (AvgIpc) is 2.20. The molecular formula is C8H14N2O5Pt. The number of carbonyl (C=O) groups excluding carboxylic acids is 2. The first-order chi connectivity index (χ1) is 7.07. The molecule has 7 nitrogen and oxygen atoms in total. The molecule has 0 atom stereocenters. The quantitative estimate of drug-likeness (QED) is 0.456. The molecule has 1 heterocycles. The van der Waals surface area contributed by atoms with Crippen LogP contribution in [0.5, 0.6) is 0 Å². The number of hydrogen-bond acceptors (Lipinski definition) is 7. The number of carboxylic acid groups (broad SMARTS) is 2. The van der Waals surface area contributed by atoms with Crippen molar-refractivity contribution in [2.45, 2.75) is 0 Å². The molecule has 96 valence electrons. The van der Waals surface area contributed by atoms with Crippen LogP contribution >= 0.6 is 0 Å². The number of carboxylic acids is 2. The van der Waals surface area contributed by atoms with Crippen LogP contribution in [0.2, 0.25) is 0 Å². The number of rotatable bonds is 2. The molecular weight excluding hydrogens is 399 g/mol. The van der Waals surface area contributed by atoms with E-state index in [0.29, 0.717) is 0 Å². The van der Waals surface area contributed by atoms with Crippen LogP contribution in [0.1, 0.15) is 0 Å². The third-order valence-corrected chi connectivity index (χ3v) is 1.72. The summed E-state index contributed by atoms with van der Waals surface area (Å²) in [6.45, 7) is 5.64. The molecule has 0 aromatic heterocycles. The van der Waals surface area contributed by atoms with Gasteiger partial charge in [-0.3, -0.25) is 4.90 Å². The Hall–Kier alpha value is -0.492. The fraction of sp³-hybridized carbons (Fsp3) is 0.750. The van der Waals surface area contributed by atoms with Crippen LogP contribution in [0.15, 0.2) is 0 Å². The molecule has 1 rings (SSSR count). The fourth-order valence-electron chi connectivity index (χ4n) is 1.01. The molecule has 16 heavy (non-hydrogen) atoms. The van der Waals surface area contributed by atoms with Crippen LogP contribution < -0.4 is 15.9 Å². The van der Waals surface area contributed by atoms with Crippen molar-refractivity contribution in [3.63, 3.8) is 0 Å². The summed E-state index contributed by atoms with van der Waals surface area (Å²) in [5.41, 5.74) is 5.38. The standard InChI is InChI=1S/C6H14N2O.C2H2O4.Pt/c7-1-2-8-3-5-9-6-4-8;3-1(4)2(5)6;/h1-7H2;(H,3,4)(H,5,6);/q;;+2/p-2. The first kappa shape index (κ1) is 17.9. The van der Waals surface area contributed by atoms with Crippen molar-refractivity contribution in [3.05, 3.63) is 0 Å². The Morgan fingerprint density at radius 1 is 1.19 bits per heavy atom. The largest absolute Gasteiger partial charge is 2.00 e. The third-order valence-electron chi connectivity index (χ3n) is 1.72. The second-order valence-electron chi connectivity index (χ2n) is 2.82. The zero-order valence-electron chi connectivity index (χ0n) is 8.62. The summed E-state index contributed by atoms with van der Waals surface area (Å²) in [6, 6.07) is 0. The Morgan fingerprint density at radius 2 is 1.62 bits per heavy atom. The van der Waals surface area contributed by atoms with Crippen molar-refractivity contribution in [1.82, 2.24) is 4.90 Å². The van der Waals surface area contributed by atoms with Crippen molar-refractivity contribution in [3.8, 4) is 0 Å². The maximum Gasteiger partial charge on any atom is 2.00 e. The van der Waals surface area contributed by atoms with Crippen LogP contribution in [-0.2, 0) is 35.4 Å². The van der Waals surface area contributed by atoms with E-state index < -0.39 is 11.9 Å². The van der Waals surface area contributed by atoms with Gasteiger partial charge >= 0.3 is 21.1 Å². The van der Waals surface area contributed by atoms with Crippen molar-refractivity contribution in [2.75, 3.05) is 39.4 Å². The number of hydrogen-bond donors (Lipinski definition) is 1. The van der Waals surface area contributed by atoms with E-state index in [1.54, 1.807) is 0 Å². The van der Waals surface area contributed by atoms with Gasteiger partial charge in [0.2, 0.25) is 0 Å². The van der Waals surface area contributed by atoms with Gasteiger partial charge in [-0.1, -0.05) is 0 Å². The van der Waals surface area contributed by atoms with E-state index in [1.807, 2.05) is 0 Å². The monoisotopic (exact) mass is 413 g/mol. The molecule has 0 aromatic carbocycles. The molecule has 1 saturated heterocycles. The van der Waals surface area contributed by atoms with Crippen LogP contribution in [0.4, 0.5) is 0 Å². The molecule has 0 bridgehead atoms. The van der Waals surface area contributed by atoms with E-state index >= 15 is 0 Å². The summed E-state index contributed by atoms with van der Waals surface area (Å²) in [5.74, 6) is -4.37. The van der Waals surface area contributed by atoms with Crippen LogP contribution in [-0.4, -0.2) is 56.2 Å². The molecule has 0 unspecified atom stereocenters. The predicted molar refractivity (Wildman–Crippen MR) is 46.3 cm³/mol. The van der Waals surface area contributed by atoms with E-state index in [2.05, 4.69) is 4.90 Å². The minimum absolute atomic E-state index is 0. The number of ether oxygens (including phenoxy) is 1. The third kappa shape index (κ3) is 10.0. The second kappa shape index (κ2) is 11.0. The molecule has 0 spiro atoms. The van der Waals surface area contributed by atoms with Crippen LogP contribution in [0.3, 0.4) is 0 Å². The van der Waals surface area contributed by atoms with Gasteiger partial charge in [0.25, 0.3) is 0 Å². The number of aliphatic carboxylic acids is 2. The zero-order chi connectivity index (χ0) is 11.7. The van der Waals surface area contributed by atoms with Gasteiger partial charge in [0, 0.05) is 26.2 Å². The van der Waals surface area contributed by atoms with Gasteiger partial charge < -0.3 is 30.3 Å². The van der Waals surface area contributed by atoms with Gasteiger partial charge in [0.05, 0.1) is 25.2 Å². The van der Waals surface area contributed by atoms with Gasteiger partial charge in [-0.05, 0) is 0 Å². The van der Waals surface area contributed by atoms with E-state index in [0.717, 1.165) is 39.4 Å². The molecule has 0 amide bonds. The summed E-state index contributed by atoms with van der Waals surface area (Å²) in [7, 11) is 0. The van der Waals surface area contributed by atoms with Crippen molar-refractivity contribution in [2.24, 2.45) is 5.73 Å². The van der Waals surface area contributed by atoms with E-state index in [1.165, 1.54) is 0 Å². The minimum Gasteiger partial charge on any atom is -0.543 e. The molecule has 0 aromatic rings. The summed E-state index contributed by atoms with van der Waals surface area (Å²) in [6.07, 6.45) is 0. The van der Waals surface area contributed by atoms with Gasteiger partial charge in [-0.25, -0.2) is 0 Å². The Kier molecular flexibility index (Phi) is 12.3. The maximum absolute atomic E-state index is 8.93. The minimum atomic E-state index is -2.19. The van der Waals surface area contributed by atoms with Gasteiger partial charge in [-0.2, -0.15) is 0 Å². The summed E-state index contributed by atoms with van der Waals surface area (Å²) in [5, 5.41) is 17.9. The van der Waals surface area contributed by atoms with E-state index in [-0.39, 0.29) is 21.1 Å². The molecule has 0 saturated carbocycles. The Balaban J connectivity index is 0. The molecule has 1 aliphatic rings. The number of nitrogens with zero attached hydrogens (tertiary/aromatic N) is 1.